The summed E-state index contributed by atoms with van der Waals surface area (Å²) in [5, 5.41) is 3.33. The van der Waals surface area contributed by atoms with E-state index in [-0.39, 0.29) is 12.2 Å². The van der Waals surface area contributed by atoms with Crippen LogP contribution < -0.4 is 4.90 Å². The smallest absolute Gasteiger partial charge is 0.141 e. The highest BCUT2D eigenvalue weighted by Crippen LogP contribution is 2.32. The maximum Gasteiger partial charge on any atom is 0.141 e. The fourth-order valence-corrected chi connectivity index (χ4v) is 3.85. The molecule has 0 bridgehead atoms. The van der Waals surface area contributed by atoms with Crippen molar-refractivity contribution in [3.63, 3.8) is 0 Å². The van der Waals surface area contributed by atoms with Gasteiger partial charge in [0, 0.05) is 20.2 Å². The van der Waals surface area contributed by atoms with Gasteiger partial charge in [0.1, 0.15) is 16.5 Å². The summed E-state index contributed by atoms with van der Waals surface area (Å²) in [5.74, 6) is 1.86. The van der Waals surface area contributed by atoms with Crippen molar-refractivity contribution in [2.45, 2.75) is 33.0 Å². The molecule has 2 atom stereocenters. The highest BCUT2D eigenvalue weighted by atomic mass is 32.1. The highest BCUT2D eigenvalue weighted by Gasteiger charge is 2.28. The van der Waals surface area contributed by atoms with E-state index in [1.807, 2.05) is 6.92 Å². The van der Waals surface area contributed by atoms with Crippen LogP contribution in [-0.2, 0) is 9.47 Å². The number of anilines is 1. The summed E-state index contributed by atoms with van der Waals surface area (Å²) in [4.78, 5) is 12.6. The van der Waals surface area contributed by atoms with E-state index >= 15 is 0 Å². The second-order valence-electron chi connectivity index (χ2n) is 5.62. The SMILES string of the molecule is COCC1CN(c2nc(C)nc3scc(C)c23)CC(C)O1. The molecule has 0 N–H and O–H groups in total. The Kier molecular flexibility index (Phi) is 4.10. The minimum atomic E-state index is 0.0861. The molecule has 1 saturated heterocycles. The zero-order valence-corrected chi connectivity index (χ0v) is 13.7. The van der Waals surface area contributed by atoms with E-state index in [0.29, 0.717) is 6.61 Å². The van der Waals surface area contributed by atoms with Crippen molar-refractivity contribution in [2.24, 2.45) is 0 Å². The van der Waals surface area contributed by atoms with Crippen molar-refractivity contribution in [3.8, 4) is 0 Å². The molecule has 0 saturated carbocycles. The van der Waals surface area contributed by atoms with E-state index in [9.17, 15) is 0 Å². The van der Waals surface area contributed by atoms with Gasteiger partial charge in [-0.15, -0.1) is 11.3 Å². The van der Waals surface area contributed by atoms with Gasteiger partial charge < -0.3 is 14.4 Å². The number of hydrogen-bond donors (Lipinski definition) is 0. The lowest BCUT2D eigenvalue weighted by Gasteiger charge is -2.37. The number of hydrogen-bond acceptors (Lipinski definition) is 6. The van der Waals surface area contributed by atoms with Crippen LogP contribution in [0.4, 0.5) is 5.82 Å². The van der Waals surface area contributed by atoms with E-state index in [2.05, 4.69) is 29.1 Å². The molecule has 3 rings (SSSR count). The molecule has 0 spiro atoms. The quantitative estimate of drug-likeness (QED) is 0.872. The fraction of sp³-hybridized carbons (Fsp3) is 0.600. The molecule has 5 nitrogen and oxygen atoms in total. The standard InChI is InChI=1S/C15H21N3O2S/c1-9-8-21-15-13(9)14(16-11(3)17-15)18-5-10(2)20-12(6-18)7-19-4/h8,10,12H,5-7H2,1-4H3. The normalized spacial score (nSPS) is 23.0. The van der Waals surface area contributed by atoms with Gasteiger partial charge in [-0.25, -0.2) is 9.97 Å². The molecule has 114 valence electrons. The second-order valence-corrected chi connectivity index (χ2v) is 6.48. The molecule has 0 amide bonds. The van der Waals surface area contributed by atoms with Crippen LogP contribution in [0.5, 0.6) is 0 Å². The van der Waals surface area contributed by atoms with Gasteiger partial charge in [0.2, 0.25) is 0 Å². The maximum absolute atomic E-state index is 5.92. The third-order valence-corrected chi connectivity index (χ3v) is 4.68. The molecular formula is C15H21N3O2S. The van der Waals surface area contributed by atoms with Gasteiger partial charge in [0.05, 0.1) is 24.2 Å². The lowest BCUT2D eigenvalue weighted by atomic mass is 10.2. The van der Waals surface area contributed by atoms with Crippen LogP contribution in [0.2, 0.25) is 0 Å². The number of thiophene rings is 1. The molecule has 1 aliphatic rings. The molecule has 2 unspecified atom stereocenters. The van der Waals surface area contributed by atoms with Crippen molar-refractivity contribution in [1.29, 1.82) is 0 Å². The third kappa shape index (κ3) is 2.88. The first-order valence-corrected chi connectivity index (χ1v) is 8.08. The number of methoxy groups -OCH3 is 1. The Morgan fingerprint density at radius 2 is 2.19 bits per heavy atom. The average Bonchev–Trinajstić information content (AvgIpc) is 2.79. The van der Waals surface area contributed by atoms with Crippen molar-refractivity contribution >= 4 is 27.4 Å². The summed E-state index contributed by atoms with van der Waals surface area (Å²) >= 11 is 1.68. The van der Waals surface area contributed by atoms with Gasteiger partial charge in [-0.3, -0.25) is 0 Å². The summed E-state index contributed by atoms with van der Waals surface area (Å²) in [6.07, 6.45) is 0.256. The molecule has 6 heteroatoms. The predicted molar refractivity (Wildman–Crippen MR) is 85.3 cm³/mol. The van der Waals surface area contributed by atoms with Crippen LogP contribution in [0.1, 0.15) is 18.3 Å². The van der Waals surface area contributed by atoms with E-state index in [1.54, 1.807) is 18.4 Å². The monoisotopic (exact) mass is 307 g/mol. The first-order chi connectivity index (χ1) is 10.1. The molecule has 0 radical (unpaired) electrons. The Labute approximate surface area is 128 Å². The summed E-state index contributed by atoms with van der Waals surface area (Å²) in [7, 11) is 1.71. The van der Waals surface area contributed by atoms with Crippen molar-refractivity contribution in [3.05, 3.63) is 16.8 Å². The summed E-state index contributed by atoms with van der Waals surface area (Å²) < 4.78 is 11.2. The second kappa shape index (κ2) is 5.87. The minimum absolute atomic E-state index is 0.0861. The van der Waals surface area contributed by atoms with Gasteiger partial charge >= 0.3 is 0 Å². The van der Waals surface area contributed by atoms with E-state index < -0.39 is 0 Å². The van der Waals surface area contributed by atoms with Crippen LogP contribution in [0.3, 0.4) is 0 Å². The molecule has 0 aliphatic carbocycles. The molecule has 1 fully saturated rings. The lowest BCUT2D eigenvalue weighted by molar-refractivity contribution is -0.0512. The van der Waals surface area contributed by atoms with E-state index in [4.69, 9.17) is 14.5 Å². The van der Waals surface area contributed by atoms with Crippen molar-refractivity contribution < 1.29 is 9.47 Å². The minimum Gasteiger partial charge on any atom is -0.382 e. The number of rotatable bonds is 3. The Morgan fingerprint density at radius 3 is 2.95 bits per heavy atom. The number of fused-ring (bicyclic) bond motifs is 1. The Bertz CT molecular complexity index is 643. The van der Waals surface area contributed by atoms with Gasteiger partial charge in [-0.1, -0.05) is 0 Å². The maximum atomic E-state index is 5.92. The number of morpholine rings is 1. The molecule has 21 heavy (non-hydrogen) atoms. The average molecular weight is 307 g/mol. The van der Waals surface area contributed by atoms with Gasteiger partial charge in [0.25, 0.3) is 0 Å². The first kappa shape index (κ1) is 14.7. The first-order valence-electron chi connectivity index (χ1n) is 7.20. The topological polar surface area (TPSA) is 47.5 Å². The molecule has 3 heterocycles. The highest BCUT2D eigenvalue weighted by molar-refractivity contribution is 7.17. The molecule has 2 aromatic heterocycles. The molecule has 1 aliphatic heterocycles. The predicted octanol–water partition coefficient (Wildman–Crippen LogP) is 2.55. The van der Waals surface area contributed by atoms with Gasteiger partial charge in [-0.05, 0) is 31.7 Å². The number of aromatic nitrogens is 2. The van der Waals surface area contributed by atoms with Crippen LogP contribution >= 0.6 is 11.3 Å². The number of aryl methyl sites for hydroxylation is 2. The van der Waals surface area contributed by atoms with Crippen LogP contribution in [-0.4, -0.2) is 49.0 Å². The van der Waals surface area contributed by atoms with E-state index in [0.717, 1.165) is 29.6 Å². The fourth-order valence-electron chi connectivity index (χ4n) is 2.89. The Morgan fingerprint density at radius 1 is 1.38 bits per heavy atom. The summed E-state index contributed by atoms with van der Waals surface area (Å²) in [5.41, 5.74) is 1.24. The zero-order chi connectivity index (χ0) is 15.0. The van der Waals surface area contributed by atoms with Crippen LogP contribution in [0.15, 0.2) is 5.38 Å². The molecular weight excluding hydrogens is 286 g/mol. The third-order valence-electron chi connectivity index (χ3n) is 3.69. The Hall–Kier alpha value is -1.24. The van der Waals surface area contributed by atoms with Crippen molar-refractivity contribution in [2.75, 3.05) is 31.7 Å². The molecule has 2 aromatic rings. The zero-order valence-electron chi connectivity index (χ0n) is 12.9. The Balaban J connectivity index is 2.00. The van der Waals surface area contributed by atoms with Crippen LogP contribution in [0.25, 0.3) is 10.2 Å². The number of ether oxygens (including phenoxy) is 2. The van der Waals surface area contributed by atoms with Crippen LogP contribution in [0, 0.1) is 13.8 Å². The summed E-state index contributed by atoms with van der Waals surface area (Å²) in [6, 6.07) is 0. The molecule has 0 aromatic carbocycles. The van der Waals surface area contributed by atoms with Gasteiger partial charge in [0.15, 0.2) is 0 Å². The largest absolute Gasteiger partial charge is 0.382 e. The number of nitrogens with zero attached hydrogens (tertiary/aromatic N) is 3. The lowest BCUT2D eigenvalue weighted by Crippen LogP contribution is -2.48. The van der Waals surface area contributed by atoms with Crippen molar-refractivity contribution in [1.82, 2.24) is 9.97 Å². The van der Waals surface area contributed by atoms with E-state index in [1.165, 1.54) is 10.9 Å². The summed E-state index contributed by atoms with van der Waals surface area (Å²) in [6.45, 7) is 8.43. The van der Waals surface area contributed by atoms with Gasteiger partial charge in [-0.2, -0.15) is 0 Å².